The third-order valence-electron chi connectivity index (χ3n) is 2.67. The van der Waals surface area contributed by atoms with E-state index in [1.165, 1.54) is 0 Å². The summed E-state index contributed by atoms with van der Waals surface area (Å²) in [6.07, 6.45) is 0. The lowest BCUT2D eigenvalue weighted by molar-refractivity contribution is 0.824. The third-order valence-corrected chi connectivity index (χ3v) is 2.98. The van der Waals surface area contributed by atoms with Gasteiger partial charge in [-0.05, 0) is 30.3 Å². The number of para-hydroxylation sites is 1. The molecule has 3 aromatic rings. The van der Waals surface area contributed by atoms with Crippen LogP contribution in [0.5, 0.6) is 0 Å². The highest BCUT2D eigenvalue weighted by atomic mass is 35.5. The third kappa shape index (κ3) is 1.62. The highest BCUT2D eigenvalue weighted by molar-refractivity contribution is 6.31. The molecule has 0 N–H and O–H groups in total. The molecule has 0 fully saturated rings. The fourth-order valence-electron chi connectivity index (χ4n) is 1.79. The maximum atomic E-state index is 8.84. The Labute approximate surface area is 108 Å². The normalized spacial score (nSPS) is 10.4. The Kier molecular flexibility index (Phi) is 2.47. The smallest absolute Gasteiger partial charge is 0.113 e. The van der Waals surface area contributed by atoms with E-state index in [-0.39, 0.29) is 0 Å². The van der Waals surface area contributed by atoms with E-state index >= 15 is 0 Å². The number of fused-ring (bicyclic) bond motifs is 1. The molecule has 0 bridgehead atoms. The average Bonchev–Trinajstić information content (AvgIpc) is 2.82. The highest BCUT2D eigenvalue weighted by Gasteiger charge is 2.07. The zero-order valence-corrected chi connectivity index (χ0v) is 9.96. The molecule has 4 nitrogen and oxygen atoms in total. The van der Waals surface area contributed by atoms with Crippen molar-refractivity contribution in [1.29, 1.82) is 5.26 Å². The summed E-state index contributed by atoms with van der Waals surface area (Å²) in [5.41, 5.74) is 2.95. The van der Waals surface area contributed by atoms with Gasteiger partial charge in [0.1, 0.15) is 11.6 Å². The SMILES string of the molecule is N#Cc1ccc(-n2nnc3ccccc32)cc1Cl. The van der Waals surface area contributed by atoms with Crippen molar-refractivity contribution in [2.45, 2.75) is 0 Å². The molecule has 0 amide bonds. The first-order valence-corrected chi connectivity index (χ1v) is 5.68. The summed E-state index contributed by atoms with van der Waals surface area (Å²) in [4.78, 5) is 0. The number of nitrogens with zero attached hydrogens (tertiary/aromatic N) is 4. The Morgan fingerprint density at radius 2 is 2.00 bits per heavy atom. The molecular weight excluding hydrogens is 248 g/mol. The Balaban J connectivity index is 2.21. The molecule has 0 aliphatic carbocycles. The van der Waals surface area contributed by atoms with E-state index in [0.717, 1.165) is 16.7 Å². The predicted octanol–water partition coefficient (Wildman–Crippen LogP) is 2.95. The van der Waals surface area contributed by atoms with E-state index in [1.807, 2.05) is 30.3 Å². The van der Waals surface area contributed by atoms with Crippen LogP contribution in [0.4, 0.5) is 0 Å². The van der Waals surface area contributed by atoms with E-state index in [1.54, 1.807) is 22.9 Å². The van der Waals surface area contributed by atoms with Crippen LogP contribution in [0.1, 0.15) is 5.56 Å². The summed E-state index contributed by atoms with van der Waals surface area (Å²) < 4.78 is 1.70. The molecule has 0 aliphatic rings. The van der Waals surface area contributed by atoms with E-state index in [4.69, 9.17) is 16.9 Å². The van der Waals surface area contributed by atoms with Crippen molar-refractivity contribution < 1.29 is 0 Å². The van der Waals surface area contributed by atoms with Crippen molar-refractivity contribution in [2.24, 2.45) is 0 Å². The van der Waals surface area contributed by atoms with E-state index in [9.17, 15) is 0 Å². The molecule has 0 radical (unpaired) electrons. The lowest BCUT2D eigenvalue weighted by Crippen LogP contribution is -1.96. The van der Waals surface area contributed by atoms with E-state index < -0.39 is 0 Å². The lowest BCUT2D eigenvalue weighted by Gasteiger charge is -2.03. The second-order valence-electron chi connectivity index (χ2n) is 3.77. The summed E-state index contributed by atoms with van der Waals surface area (Å²) in [7, 11) is 0. The molecule has 0 saturated heterocycles. The van der Waals surface area contributed by atoms with Crippen molar-refractivity contribution in [1.82, 2.24) is 15.0 Å². The van der Waals surface area contributed by atoms with Gasteiger partial charge < -0.3 is 0 Å². The van der Waals surface area contributed by atoms with Gasteiger partial charge in [0.15, 0.2) is 0 Å². The first-order valence-electron chi connectivity index (χ1n) is 5.30. The Morgan fingerprint density at radius 3 is 2.78 bits per heavy atom. The van der Waals surface area contributed by atoms with Gasteiger partial charge in [0, 0.05) is 0 Å². The monoisotopic (exact) mass is 254 g/mol. The fraction of sp³-hybridized carbons (Fsp3) is 0. The number of hydrogen-bond donors (Lipinski definition) is 0. The molecular formula is C13H7ClN4. The van der Waals surface area contributed by atoms with Crippen molar-refractivity contribution in [3.8, 4) is 11.8 Å². The maximum absolute atomic E-state index is 8.84. The van der Waals surface area contributed by atoms with Gasteiger partial charge in [-0.25, -0.2) is 4.68 Å². The van der Waals surface area contributed by atoms with Gasteiger partial charge >= 0.3 is 0 Å². The molecule has 0 atom stereocenters. The zero-order chi connectivity index (χ0) is 12.5. The molecule has 0 saturated carbocycles. The van der Waals surface area contributed by atoms with Crippen LogP contribution < -0.4 is 0 Å². The number of halogens is 1. The van der Waals surface area contributed by atoms with Gasteiger partial charge in [0.05, 0.1) is 21.8 Å². The number of benzene rings is 2. The van der Waals surface area contributed by atoms with Crippen LogP contribution in [-0.2, 0) is 0 Å². The van der Waals surface area contributed by atoms with Gasteiger partial charge in [-0.3, -0.25) is 0 Å². The van der Waals surface area contributed by atoms with Gasteiger partial charge in [-0.2, -0.15) is 5.26 Å². The number of aromatic nitrogens is 3. The highest BCUT2D eigenvalue weighted by Crippen LogP contribution is 2.21. The summed E-state index contributed by atoms with van der Waals surface area (Å²) in [6.45, 7) is 0. The summed E-state index contributed by atoms with van der Waals surface area (Å²) >= 11 is 6.01. The van der Waals surface area contributed by atoms with E-state index in [0.29, 0.717) is 10.6 Å². The molecule has 0 unspecified atom stereocenters. The first kappa shape index (κ1) is 10.8. The van der Waals surface area contributed by atoms with Crippen LogP contribution in [-0.4, -0.2) is 15.0 Å². The quantitative estimate of drug-likeness (QED) is 0.671. The van der Waals surface area contributed by atoms with E-state index in [2.05, 4.69) is 10.3 Å². The predicted molar refractivity (Wildman–Crippen MR) is 68.6 cm³/mol. The Morgan fingerprint density at radius 1 is 1.17 bits per heavy atom. The number of hydrogen-bond acceptors (Lipinski definition) is 3. The van der Waals surface area contributed by atoms with Crippen LogP contribution in [0.2, 0.25) is 5.02 Å². The average molecular weight is 255 g/mol. The second-order valence-corrected chi connectivity index (χ2v) is 4.17. The van der Waals surface area contributed by atoms with Crippen molar-refractivity contribution in [2.75, 3.05) is 0 Å². The fourth-order valence-corrected chi connectivity index (χ4v) is 2.00. The number of rotatable bonds is 1. The van der Waals surface area contributed by atoms with Crippen LogP contribution in [0.25, 0.3) is 16.7 Å². The standard InChI is InChI=1S/C13H7ClN4/c14-11-7-10(6-5-9(11)8-15)18-13-4-2-1-3-12(13)16-17-18/h1-7H. The second kappa shape index (κ2) is 4.13. The number of nitriles is 1. The maximum Gasteiger partial charge on any atom is 0.113 e. The first-order chi connectivity index (χ1) is 8.79. The molecule has 5 heteroatoms. The van der Waals surface area contributed by atoms with Gasteiger partial charge in [0.25, 0.3) is 0 Å². The van der Waals surface area contributed by atoms with Gasteiger partial charge in [-0.1, -0.05) is 28.9 Å². The van der Waals surface area contributed by atoms with Crippen LogP contribution in [0.15, 0.2) is 42.5 Å². The minimum Gasteiger partial charge on any atom is -0.213 e. The molecule has 3 rings (SSSR count). The van der Waals surface area contributed by atoms with Crippen LogP contribution >= 0.6 is 11.6 Å². The van der Waals surface area contributed by atoms with Crippen molar-refractivity contribution in [3.63, 3.8) is 0 Å². The van der Waals surface area contributed by atoms with Crippen LogP contribution in [0.3, 0.4) is 0 Å². The molecule has 0 spiro atoms. The molecule has 86 valence electrons. The molecule has 18 heavy (non-hydrogen) atoms. The minimum absolute atomic E-state index is 0.412. The van der Waals surface area contributed by atoms with Gasteiger partial charge in [-0.15, -0.1) is 5.10 Å². The van der Waals surface area contributed by atoms with Crippen LogP contribution in [0, 0.1) is 11.3 Å². The summed E-state index contributed by atoms with van der Waals surface area (Å²) in [5, 5.41) is 17.4. The molecule has 0 aliphatic heterocycles. The molecule has 2 aromatic carbocycles. The lowest BCUT2D eigenvalue weighted by atomic mass is 10.2. The van der Waals surface area contributed by atoms with Gasteiger partial charge in [0.2, 0.25) is 0 Å². The summed E-state index contributed by atoms with van der Waals surface area (Å²) in [6, 6.07) is 14.9. The minimum atomic E-state index is 0.412. The zero-order valence-electron chi connectivity index (χ0n) is 9.21. The Hall–Kier alpha value is -2.38. The molecule has 1 heterocycles. The van der Waals surface area contributed by atoms with Crippen molar-refractivity contribution >= 4 is 22.6 Å². The largest absolute Gasteiger partial charge is 0.213 e. The Bertz CT molecular complexity index is 770. The summed E-state index contributed by atoms with van der Waals surface area (Å²) in [5.74, 6) is 0. The topological polar surface area (TPSA) is 54.5 Å². The molecule has 1 aromatic heterocycles. The van der Waals surface area contributed by atoms with Crippen molar-refractivity contribution in [3.05, 3.63) is 53.1 Å².